The lowest BCUT2D eigenvalue weighted by atomic mass is 9.80. The van der Waals surface area contributed by atoms with Crippen LogP contribution in [0.3, 0.4) is 0 Å². The smallest absolute Gasteiger partial charge is 0.103 e. The predicted octanol–water partition coefficient (Wildman–Crippen LogP) is 11.3. The normalized spacial score (nSPS) is 12.6. The van der Waals surface area contributed by atoms with Crippen LogP contribution in [0.2, 0.25) is 0 Å². The maximum atomic E-state index is 10.9. The Labute approximate surface area is 316 Å². The first-order valence-electron chi connectivity index (χ1n) is 18.0. The van der Waals surface area contributed by atoms with Gasteiger partial charge >= 0.3 is 0 Å². The Bertz CT molecular complexity index is 3290. The first-order chi connectivity index (χ1) is 26.9. The van der Waals surface area contributed by atoms with Gasteiger partial charge in [0.2, 0.25) is 0 Å². The van der Waals surface area contributed by atoms with Crippen molar-refractivity contribution in [1.82, 2.24) is 9.13 Å². The lowest BCUT2D eigenvalue weighted by Crippen LogP contribution is -2.15. The predicted molar refractivity (Wildman–Crippen MR) is 217 cm³/mol. The zero-order chi connectivity index (χ0) is 37.6. The highest BCUT2D eigenvalue weighted by Crippen LogP contribution is 2.53. The van der Waals surface area contributed by atoms with Crippen molar-refractivity contribution >= 4 is 43.6 Å². The van der Waals surface area contributed by atoms with E-state index in [0.717, 1.165) is 43.6 Å². The second kappa shape index (κ2) is 11.6. The molecule has 0 atom stereocenters. The van der Waals surface area contributed by atoms with Gasteiger partial charge in [-0.05, 0) is 58.7 Å². The first kappa shape index (κ1) is 31.8. The number of benzene rings is 7. The molecule has 0 spiro atoms. The van der Waals surface area contributed by atoms with Crippen LogP contribution >= 0.6 is 0 Å². The fourth-order valence-corrected chi connectivity index (χ4v) is 9.23. The monoisotopic (exact) mass is 700 g/mol. The van der Waals surface area contributed by atoms with Gasteiger partial charge in [0, 0.05) is 38.1 Å². The largest absolute Gasteiger partial charge is 0.308 e. The fourth-order valence-electron chi connectivity index (χ4n) is 9.23. The molecule has 0 aliphatic heterocycles. The van der Waals surface area contributed by atoms with Crippen molar-refractivity contribution < 1.29 is 0 Å². The molecule has 0 saturated heterocycles. The molecule has 0 bridgehead atoms. The molecule has 6 heteroatoms. The van der Waals surface area contributed by atoms with Crippen LogP contribution in [0.25, 0.3) is 77.2 Å². The number of fused-ring (bicyclic) bond motifs is 10. The summed E-state index contributed by atoms with van der Waals surface area (Å²) < 4.78 is 4.12. The van der Waals surface area contributed by atoms with E-state index in [1.807, 2.05) is 71.3 Å². The van der Waals surface area contributed by atoms with Crippen molar-refractivity contribution in [3.05, 3.63) is 167 Å². The van der Waals surface area contributed by atoms with Crippen LogP contribution < -0.4 is 0 Å². The van der Waals surface area contributed by atoms with Gasteiger partial charge in [0.1, 0.15) is 24.3 Å². The summed E-state index contributed by atoms with van der Waals surface area (Å²) in [7, 11) is 0. The molecular weight excluding hydrogens is 673 g/mol. The Morgan fingerprint density at radius 1 is 0.436 bits per heavy atom. The van der Waals surface area contributed by atoms with E-state index in [4.69, 9.17) is 0 Å². The third-order valence-electron chi connectivity index (χ3n) is 11.5. The molecule has 0 amide bonds. The Hall–Kier alpha value is -7.90. The molecule has 9 aromatic rings. The number of nitriles is 4. The Morgan fingerprint density at radius 2 is 1.00 bits per heavy atom. The van der Waals surface area contributed by atoms with Crippen molar-refractivity contribution in [3.63, 3.8) is 0 Å². The van der Waals surface area contributed by atoms with E-state index in [-0.39, 0.29) is 27.7 Å². The second-order valence-electron chi connectivity index (χ2n) is 14.5. The summed E-state index contributed by atoms with van der Waals surface area (Å²) >= 11 is 0. The van der Waals surface area contributed by atoms with Gasteiger partial charge in [-0.1, -0.05) is 111 Å². The Morgan fingerprint density at radius 3 is 1.65 bits per heavy atom. The number of hydrogen-bond donors (Lipinski definition) is 0. The zero-order valence-electron chi connectivity index (χ0n) is 29.9. The third-order valence-corrected chi connectivity index (χ3v) is 11.5. The van der Waals surface area contributed by atoms with Gasteiger partial charge in [-0.2, -0.15) is 21.0 Å². The van der Waals surface area contributed by atoms with Gasteiger partial charge in [-0.3, -0.25) is 0 Å². The van der Waals surface area contributed by atoms with E-state index in [1.54, 1.807) is 12.1 Å². The number of nitrogens with zero attached hydrogens (tertiary/aromatic N) is 6. The molecule has 1 aliphatic rings. The number of para-hydroxylation sites is 3. The van der Waals surface area contributed by atoms with Crippen LogP contribution in [0.1, 0.15) is 47.2 Å². The van der Waals surface area contributed by atoms with Gasteiger partial charge in [-0.25, -0.2) is 0 Å². The van der Waals surface area contributed by atoms with Gasteiger partial charge < -0.3 is 9.13 Å². The summed E-state index contributed by atoms with van der Waals surface area (Å²) in [6, 6.07) is 53.6. The average molecular weight is 701 g/mol. The van der Waals surface area contributed by atoms with E-state index < -0.39 is 0 Å². The maximum Gasteiger partial charge on any atom is 0.103 e. The minimum atomic E-state index is -0.311. The molecule has 0 fully saturated rings. The number of aromatic nitrogens is 2. The van der Waals surface area contributed by atoms with Gasteiger partial charge in [0.05, 0.1) is 55.7 Å². The van der Waals surface area contributed by atoms with Crippen LogP contribution in [0.4, 0.5) is 0 Å². The maximum absolute atomic E-state index is 10.9. The molecule has 2 aromatic heterocycles. The highest BCUT2D eigenvalue weighted by Gasteiger charge is 2.38. The van der Waals surface area contributed by atoms with Crippen LogP contribution in [0, 0.1) is 45.3 Å². The van der Waals surface area contributed by atoms with Crippen LogP contribution in [0.5, 0.6) is 0 Å². The highest BCUT2D eigenvalue weighted by atomic mass is 15.0. The summed E-state index contributed by atoms with van der Waals surface area (Å²) in [5.41, 5.74) is 11.1. The van der Waals surface area contributed by atoms with Gasteiger partial charge in [0.15, 0.2) is 0 Å². The lowest BCUT2D eigenvalue weighted by Gasteiger charge is -2.23. The van der Waals surface area contributed by atoms with Crippen molar-refractivity contribution in [1.29, 1.82) is 21.0 Å². The van der Waals surface area contributed by atoms with Crippen molar-refractivity contribution in [2.24, 2.45) is 0 Å². The van der Waals surface area contributed by atoms with Gasteiger partial charge in [-0.15, -0.1) is 0 Å². The molecular formula is C49H28N6. The Kier molecular flexibility index (Phi) is 6.68. The second-order valence-corrected chi connectivity index (χ2v) is 14.5. The molecule has 254 valence electrons. The molecule has 10 rings (SSSR count). The molecule has 0 N–H and O–H groups in total. The molecule has 2 heterocycles. The SMILES string of the molecule is CC1(C)c2ccccc2-c2ccc3c(c21)c1ccccc1n3-c1c(-c2ccc(-n3c4ccccc4c4ccccc43)c(C#N)c2C#N)ccc(C#N)c1C#N. The topological polar surface area (TPSA) is 105 Å². The van der Waals surface area contributed by atoms with Crippen LogP contribution in [0.15, 0.2) is 133 Å². The fraction of sp³-hybridized carbons (Fsp3) is 0.0612. The zero-order valence-corrected chi connectivity index (χ0v) is 29.9. The molecule has 55 heavy (non-hydrogen) atoms. The molecule has 6 nitrogen and oxygen atoms in total. The Balaban J connectivity index is 1.31. The molecule has 1 aliphatic carbocycles. The van der Waals surface area contributed by atoms with E-state index in [2.05, 4.69) is 97.3 Å². The minimum Gasteiger partial charge on any atom is -0.308 e. The van der Waals surface area contributed by atoms with Crippen molar-refractivity contribution in [2.45, 2.75) is 19.3 Å². The minimum absolute atomic E-state index is 0.190. The van der Waals surface area contributed by atoms with Gasteiger partial charge in [0.25, 0.3) is 0 Å². The van der Waals surface area contributed by atoms with E-state index >= 15 is 0 Å². The van der Waals surface area contributed by atoms with Crippen molar-refractivity contribution in [2.75, 3.05) is 0 Å². The third kappa shape index (κ3) is 4.14. The van der Waals surface area contributed by atoms with E-state index in [0.29, 0.717) is 22.5 Å². The summed E-state index contributed by atoms with van der Waals surface area (Å²) in [6.07, 6.45) is 0. The molecule has 0 saturated carbocycles. The lowest BCUT2D eigenvalue weighted by molar-refractivity contribution is 0.666. The molecule has 0 radical (unpaired) electrons. The number of hydrogen-bond acceptors (Lipinski definition) is 4. The average Bonchev–Trinajstić information content (AvgIpc) is 3.82. The quantitative estimate of drug-likeness (QED) is 0.183. The first-order valence-corrected chi connectivity index (χ1v) is 18.0. The van der Waals surface area contributed by atoms with Crippen LogP contribution in [-0.2, 0) is 5.41 Å². The highest BCUT2D eigenvalue weighted by molar-refractivity contribution is 6.15. The summed E-state index contributed by atoms with van der Waals surface area (Å²) in [5, 5.41) is 47.2. The number of rotatable bonds is 3. The summed E-state index contributed by atoms with van der Waals surface area (Å²) in [4.78, 5) is 0. The van der Waals surface area contributed by atoms with Crippen LogP contribution in [-0.4, -0.2) is 9.13 Å². The molecule has 0 unspecified atom stereocenters. The summed E-state index contributed by atoms with van der Waals surface area (Å²) in [6.45, 7) is 4.51. The summed E-state index contributed by atoms with van der Waals surface area (Å²) in [5.74, 6) is 0. The molecule has 7 aromatic carbocycles. The standard InChI is InChI=1S/C49H28N6/c1-49(2)40-15-7-3-11-31(40)34-22-24-45-46(47(34)49)36-14-6-10-18-43(36)55(45)48-35(20-19-29(25-50)37(48)26-51)30-21-23-44(39(28-53)38(30)27-52)54-41-16-8-4-12-32(41)33-13-5-9-17-42(33)54/h3-24H,1-2H3. The van der Waals surface area contributed by atoms with Crippen molar-refractivity contribution in [3.8, 4) is 57.9 Å². The van der Waals surface area contributed by atoms with E-state index in [1.165, 1.54) is 22.3 Å². The van der Waals surface area contributed by atoms with E-state index in [9.17, 15) is 21.0 Å².